The van der Waals surface area contributed by atoms with Gasteiger partial charge in [-0.2, -0.15) is 0 Å². The van der Waals surface area contributed by atoms with Crippen molar-refractivity contribution >= 4 is 29.0 Å². The summed E-state index contributed by atoms with van der Waals surface area (Å²) in [5, 5.41) is 1.89. The molecule has 18 heavy (non-hydrogen) atoms. The van der Waals surface area contributed by atoms with E-state index in [4.69, 9.17) is 4.74 Å². The molecule has 0 unspecified atom stereocenters. The van der Waals surface area contributed by atoms with Gasteiger partial charge in [-0.1, -0.05) is 18.2 Å². The number of rotatable bonds is 1. The maximum absolute atomic E-state index is 11.4. The highest BCUT2D eigenvalue weighted by atomic mass is 32.2. The molecule has 0 saturated carbocycles. The molecule has 2 amide bonds. The predicted octanol–water partition coefficient (Wildman–Crippen LogP) is 2.33. The Morgan fingerprint density at radius 3 is 2.89 bits per heavy atom. The molecule has 0 bridgehead atoms. The number of fused-ring (bicyclic) bond motifs is 1. The molecule has 2 aliphatic heterocycles. The molecule has 1 saturated heterocycles. The third-order valence-corrected chi connectivity index (χ3v) is 3.42. The van der Waals surface area contributed by atoms with E-state index in [0.717, 1.165) is 28.6 Å². The molecule has 5 heteroatoms. The van der Waals surface area contributed by atoms with Gasteiger partial charge in [0.2, 0.25) is 0 Å². The molecule has 0 atom stereocenters. The molecule has 1 aromatic rings. The van der Waals surface area contributed by atoms with Crippen molar-refractivity contribution < 1.29 is 14.3 Å². The minimum absolute atomic E-state index is 0.330. The second kappa shape index (κ2) is 4.34. The fourth-order valence-electron chi connectivity index (χ4n) is 1.81. The van der Waals surface area contributed by atoms with Crippen molar-refractivity contribution in [1.82, 2.24) is 5.32 Å². The van der Waals surface area contributed by atoms with Crippen LogP contribution in [0.5, 0.6) is 5.75 Å². The zero-order valence-electron chi connectivity index (χ0n) is 9.30. The highest BCUT2D eigenvalue weighted by Gasteiger charge is 2.25. The summed E-state index contributed by atoms with van der Waals surface area (Å²) in [6, 6.07) is 7.68. The van der Waals surface area contributed by atoms with E-state index in [1.165, 1.54) is 0 Å². The van der Waals surface area contributed by atoms with Crippen molar-refractivity contribution in [3.63, 3.8) is 0 Å². The van der Waals surface area contributed by atoms with Gasteiger partial charge in [0, 0.05) is 5.56 Å². The largest absolute Gasteiger partial charge is 0.488 e. The topological polar surface area (TPSA) is 55.4 Å². The van der Waals surface area contributed by atoms with Crippen LogP contribution in [0.25, 0.3) is 6.08 Å². The lowest BCUT2D eigenvalue weighted by Gasteiger charge is -2.15. The second-order valence-electron chi connectivity index (χ2n) is 3.90. The van der Waals surface area contributed by atoms with Crippen molar-refractivity contribution in [2.45, 2.75) is 0 Å². The number of hydrogen-bond donors (Lipinski definition) is 1. The maximum Gasteiger partial charge on any atom is 0.290 e. The molecular formula is C13H9NO3S. The van der Waals surface area contributed by atoms with Crippen LogP contribution in [-0.4, -0.2) is 17.8 Å². The van der Waals surface area contributed by atoms with Crippen molar-refractivity contribution in [3.05, 3.63) is 46.4 Å². The van der Waals surface area contributed by atoms with E-state index >= 15 is 0 Å². The Labute approximate surface area is 108 Å². The standard InChI is InChI=1S/C13H9NO3S/c15-12-11(18-13(16)14-12)6-8-5-9-3-1-2-4-10(9)17-7-8/h1-6H,7H2,(H,14,15,16)/b11-6-. The normalized spacial score (nSPS) is 20.2. The lowest BCUT2D eigenvalue weighted by molar-refractivity contribution is -0.115. The second-order valence-corrected chi connectivity index (χ2v) is 4.91. The Morgan fingerprint density at radius 2 is 2.11 bits per heavy atom. The number of para-hydroxylation sites is 1. The van der Waals surface area contributed by atoms with Crippen LogP contribution in [0.2, 0.25) is 0 Å². The van der Waals surface area contributed by atoms with E-state index in [0.29, 0.717) is 11.5 Å². The number of hydrogen-bond acceptors (Lipinski definition) is 4. The Hall–Kier alpha value is -2.01. The van der Waals surface area contributed by atoms with Crippen molar-refractivity contribution in [1.29, 1.82) is 0 Å². The monoisotopic (exact) mass is 259 g/mol. The van der Waals surface area contributed by atoms with Gasteiger partial charge in [0.25, 0.3) is 11.1 Å². The molecule has 2 heterocycles. The number of carbonyl (C=O) groups is 2. The number of carbonyl (C=O) groups excluding carboxylic acids is 2. The third-order valence-electron chi connectivity index (χ3n) is 2.61. The van der Waals surface area contributed by atoms with Crippen LogP contribution in [0.15, 0.2) is 40.8 Å². The Morgan fingerprint density at radius 1 is 1.28 bits per heavy atom. The van der Waals surface area contributed by atoms with Gasteiger partial charge in [-0.15, -0.1) is 0 Å². The quantitative estimate of drug-likeness (QED) is 0.786. The summed E-state index contributed by atoms with van der Waals surface area (Å²) in [4.78, 5) is 22.9. The van der Waals surface area contributed by atoms with Crippen LogP contribution < -0.4 is 10.1 Å². The third kappa shape index (κ3) is 2.04. The Balaban J connectivity index is 1.92. The average molecular weight is 259 g/mol. The van der Waals surface area contributed by atoms with Gasteiger partial charge in [0.15, 0.2) is 0 Å². The van der Waals surface area contributed by atoms with E-state index in [1.807, 2.05) is 30.3 Å². The summed E-state index contributed by atoms with van der Waals surface area (Å²) in [5.74, 6) is 0.490. The van der Waals surface area contributed by atoms with Crippen molar-refractivity contribution in [2.24, 2.45) is 0 Å². The lowest BCUT2D eigenvalue weighted by Crippen LogP contribution is -2.18. The van der Waals surface area contributed by atoms with E-state index < -0.39 is 0 Å². The lowest BCUT2D eigenvalue weighted by atomic mass is 10.1. The molecule has 0 aliphatic carbocycles. The SMILES string of the molecule is O=C1NC(=O)/C(=C/C2=Cc3ccccc3OC2)S1. The fraction of sp³-hybridized carbons (Fsp3) is 0.0769. The molecule has 90 valence electrons. The highest BCUT2D eigenvalue weighted by Crippen LogP contribution is 2.29. The number of benzene rings is 1. The summed E-state index contributed by atoms with van der Waals surface area (Å²) >= 11 is 0.914. The fourth-order valence-corrected chi connectivity index (χ4v) is 2.50. The van der Waals surface area contributed by atoms with E-state index in [1.54, 1.807) is 6.08 Å². The Kier molecular flexibility index (Phi) is 2.68. The molecular weight excluding hydrogens is 250 g/mol. The van der Waals surface area contributed by atoms with Crippen molar-refractivity contribution in [2.75, 3.05) is 6.61 Å². The van der Waals surface area contributed by atoms with Crippen LogP contribution in [-0.2, 0) is 4.79 Å². The van der Waals surface area contributed by atoms with Gasteiger partial charge < -0.3 is 4.74 Å². The molecule has 0 aromatic heterocycles. The van der Waals surface area contributed by atoms with Gasteiger partial charge in [-0.25, -0.2) is 0 Å². The van der Waals surface area contributed by atoms with Gasteiger partial charge in [-0.05, 0) is 35.6 Å². The first kappa shape index (κ1) is 11.1. The van der Waals surface area contributed by atoms with Crippen LogP contribution in [0.1, 0.15) is 5.56 Å². The van der Waals surface area contributed by atoms with Gasteiger partial charge in [-0.3, -0.25) is 14.9 Å². The van der Waals surface area contributed by atoms with E-state index in [-0.39, 0.29) is 11.1 Å². The van der Waals surface area contributed by atoms with E-state index in [9.17, 15) is 9.59 Å². The molecule has 1 N–H and O–H groups in total. The summed E-state index contributed by atoms with van der Waals surface area (Å²) < 4.78 is 5.57. The smallest absolute Gasteiger partial charge is 0.290 e. The zero-order valence-corrected chi connectivity index (χ0v) is 10.1. The highest BCUT2D eigenvalue weighted by molar-refractivity contribution is 8.18. The van der Waals surface area contributed by atoms with Gasteiger partial charge in [0.1, 0.15) is 12.4 Å². The van der Waals surface area contributed by atoms with Crippen LogP contribution in [0.4, 0.5) is 4.79 Å². The molecule has 1 aromatic carbocycles. The average Bonchev–Trinajstić information content (AvgIpc) is 2.68. The van der Waals surface area contributed by atoms with E-state index in [2.05, 4.69) is 5.32 Å². The molecule has 2 aliphatic rings. The molecule has 1 fully saturated rings. The van der Waals surface area contributed by atoms with Gasteiger partial charge in [0.05, 0.1) is 4.91 Å². The number of nitrogens with one attached hydrogen (secondary N) is 1. The predicted molar refractivity (Wildman–Crippen MR) is 69.1 cm³/mol. The first-order valence-corrected chi connectivity index (χ1v) is 6.21. The molecule has 3 rings (SSSR count). The first-order chi connectivity index (χ1) is 8.72. The number of ether oxygens (including phenoxy) is 1. The summed E-state index contributed by atoms with van der Waals surface area (Å²) in [5.41, 5.74) is 1.85. The number of amides is 2. The number of imide groups is 1. The molecule has 4 nitrogen and oxygen atoms in total. The molecule has 0 radical (unpaired) electrons. The first-order valence-electron chi connectivity index (χ1n) is 5.39. The van der Waals surface area contributed by atoms with Crippen molar-refractivity contribution in [3.8, 4) is 5.75 Å². The Bertz CT molecular complexity index is 604. The van der Waals surface area contributed by atoms with Crippen LogP contribution in [0.3, 0.4) is 0 Å². The minimum Gasteiger partial charge on any atom is -0.488 e. The summed E-state index contributed by atoms with van der Waals surface area (Å²) in [6.45, 7) is 0.405. The summed E-state index contributed by atoms with van der Waals surface area (Å²) in [6.07, 6.45) is 3.66. The molecule has 0 spiro atoms. The maximum atomic E-state index is 11.4. The van der Waals surface area contributed by atoms with Crippen LogP contribution in [0, 0.1) is 0 Å². The zero-order chi connectivity index (χ0) is 12.5. The summed E-state index contributed by atoms with van der Waals surface area (Å²) in [7, 11) is 0. The number of thioether (sulfide) groups is 1. The minimum atomic E-state index is -0.343. The van der Waals surface area contributed by atoms with Gasteiger partial charge >= 0.3 is 0 Å². The van der Waals surface area contributed by atoms with Crippen LogP contribution >= 0.6 is 11.8 Å².